The molecule has 0 unspecified atom stereocenters. The SMILES string of the molecule is COC1=CCCC(c2ccccc2)=C1OC. The van der Waals surface area contributed by atoms with Crippen LogP contribution < -0.4 is 0 Å². The third-order valence-electron chi connectivity index (χ3n) is 2.77. The van der Waals surface area contributed by atoms with Crippen molar-refractivity contribution in [3.8, 4) is 0 Å². The molecule has 1 aromatic rings. The van der Waals surface area contributed by atoms with E-state index in [0.29, 0.717) is 0 Å². The zero-order valence-electron chi connectivity index (χ0n) is 9.69. The Hall–Kier alpha value is -1.70. The van der Waals surface area contributed by atoms with E-state index >= 15 is 0 Å². The normalized spacial score (nSPS) is 15.8. The summed E-state index contributed by atoms with van der Waals surface area (Å²) in [5.41, 5.74) is 2.43. The summed E-state index contributed by atoms with van der Waals surface area (Å²) in [7, 11) is 3.37. The van der Waals surface area contributed by atoms with Gasteiger partial charge in [-0.15, -0.1) is 0 Å². The molecule has 0 bridgehead atoms. The van der Waals surface area contributed by atoms with E-state index in [1.54, 1.807) is 14.2 Å². The zero-order valence-corrected chi connectivity index (χ0v) is 9.69. The number of rotatable bonds is 3. The van der Waals surface area contributed by atoms with Crippen LogP contribution in [-0.4, -0.2) is 14.2 Å². The minimum absolute atomic E-state index is 0.840. The lowest BCUT2D eigenvalue weighted by molar-refractivity contribution is 0.218. The molecule has 0 heterocycles. The summed E-state index contributed by atoms with van der Waals surface area (Å²) in [4.78, 5) is 0. The van der Waals surface area contributed by atoms with Crippen molar-refractivity contribution in [2.75, 3.05) is 14.2 Å². The predicted octanol–water partition coefficient (Wildman–Crippen LogP) is 3.37. The summed E-state index contributed by atoms with van der Waals surface area (Å²) in [5.74, 6) is 1.70. The van der Waals surface area contributed by atoms with Crippen molar-refractivity contribution in [3.63, 3.8) is 0 Å². The van der Waals surface area contributed by atoms with Crippen molar-refractivity contribution >= 4 is 5.57 Å². The average molecular weight is 216 g/mol. The fraction of sp³-hybridized carbons (Fsp3) is 0.286. The van der Waals surface area contributed by atoms with E-state index < -0.39 is 0 Å². The van der Waals surface area contributed by atoms with Crippen molar-refractivity contribution in [1.29, 1.82) is 0 Å². The van der Waals surface area contributed by atoms with Gasteiger partial charge in [0.05, 0.1) is 14.2 Å². The second-order valence-corrected chi connectivity index (χ2v) is 3.69. The molecule has 1 aromatic carbocycles. The molecule has 2 rings (SSSR count). The number of benzene rings is 1. The quantitative estimate of drug-likeness (QED) is 0.771. The van der Waals surface area contributed by atoms with E-state index in [-0.39, 0.29) is 0 Å². The maximum Gasteiger partial charge on any atom is 0.164 e. The van der Waals surface area contributed by atoms with E-state index in [1.165, 1.54) is 11.1 Å². The van der Waals surface area contributed by atoms with Crippen molar-refractivity contribution < 1.29 is 9.47 Å². The van der Waals surface area contributed by atoms with Crippen LogP contribution in [0.25, 0.3) is 5.57 Å². The second-order valence-electron chi connectivity index (χ2n) is 3.69. The van der Waals surface area contributed by atoms with E-state index in [4.69, 9.17) is 9.47 Å². The number of methoxy groups -OCH3 is 2. The van der Waals surface area contributed by atoms with E-state index in [9.17, 15) is 0 Å². The first kappa shape index (κ1) is 10.8. The van der Waals surface area contributed by atoms with Gasteiger partial charge in [-0.1, -0.05) is 30.3 Å². The van der Waals surface area contributed by atoms with Crippen LogP contribution in [0.15, 0.2) is 47.9 Å². The Bertz CT molecular complexity index is 416. The van der Waals surface area contributed by atoms with Gasteiger partial charge in [0.2, 0.25) is 0 Å². The van der Waals surface area contributed by atoms with Gasteiger partial charge >= 0.3 is 0 Å². The molecule has 0 fully saturated rings. The molecule has 1 aliphatic carbocycles. The standard InChI is InChI=1S/C14H16O2/c1-15-13-10-6-9-12(14(13)16-2)11-7-4-3-5-8-11/h3-5,7-8,10H,6,9H2,1-2H3. The molecule has 2 nitrogen and oxygen atoms in total. The largest absolute Gasteiger partial charge is 0.493 e. The Labute approximate surface area is 96.2 Å². The summed E-state index contributed by atoms with van der Waals surface area (Å²) in [6.07, 6.45) is 4.07. The molecular formula is C14H16O2. The molecule has 84 valence electrons. The molecule has 1 aliphatic rings. The third kappa shape index (κ3) is 1.96. The minimum Gasteiger partial charge on any atom is -0.493 e. The molecule has 0 saturated carbocycles. The molecule has 0 aromatic heterocycles. The number of allylic oxidation sites excluding steroid dienone is 2. The predicted molar refractivity (Wildman–Crippen MR) is 64.7 cm³/mol. The van der Waals surface area contributed by atoms with E-state index in [0.717, 1.165) is 24.4 Å². The fourth-order valence-electron chi connectivity index (χ4n) is 2.02. The number of ether oxygens (including phenoxy) is 2. The first-order chi connectivity index (χ1) is 7.86. The first-order valence-electron chi connectivity index (χ1n) is 5.44. The first-order valence-corrected chi connectivity index (χ1v) is 5.44. The molecule has 16 heavy (non-hydrogen) atoms. The highest BCUT2D eigenvalue weighted by molar-refractivity contribution is 5.71. The molecule has 0 amide bonds. The minimum atomic E-state index is 0.840. The van der Waals surface area contributed by atoms with Gasteiger partial charge in [0.1, 0.15) is 0 Å². The molecule has 0 N–H and O–H groups in total. The fourth-order valence-corrected chi connectivity index (χ4v) is 2.02. The van der Waals surface area contributed by atoms with Gasteiger partial charge in [-0.05, 0) is 24.5 Å². The smallest absolute Gasteiger partial charge is 0.164 e. The van der Waals surface area contributed by atoms with Crippen LogP contribution in [0.1, 0.15) is 18.4 Å². The zero-order chi connectivity index (χ0) is 11.4. The summed E-state index contributed by atoms with van der Waals surface area (Å²) in [6.45, 7) is 0. The topological polar surface area (TPSA) is 18.5 Å². The van der Waals surface area contributed by atoms with Gasteiger partial charge in [0, 0.05) is 5.57 Å². The van der Waals surface area contributed by atoms with Crippen LogP contribution in [0.4, 0.5) is 0 Å². The monoisotopic (exact) mass is 216 g/mol. The summed E-state index contributed by atoms with van der Waals surface area (Å²) in [6, 6.07) is 10.3. The molecular weight excluding hydrogens is 200 g/mol. The maximum absolute atomic E-state index is 5.45. The van der Waals surface area contributed by atoms with Crippen LogP contribution >= 0.6 is 0 Å². The summed E-state index contributed by atoms with van der Waals surface area (Å²) in [5, 5.41) is 0. The van der Waals surface area contributed by atoms with Crippen molar-refractivity contribution in [2.45, 2.75) is 12.8 Å². The Morgan fingerprint density at radius 2 is 1.75 bits per heavy atom. The van der Waals surface area contributed by atoms with Crippen LogP contribution in [0.5, 0.6) is 0 Å². The molecule has 0 aliphatic heterocycles. The van der Waals surface area contributed by atoms with Crippen molar-refractivity contribution in [2.24, 2.45) is 0 Å². The summed E-state index contributed by atoms with van der Waals surface area (Å²) < 4.78 is 10.8. The van der Waals surface area contributed by atoms with Gasteiger partial charge in [-0.2, -0.15) is 0 Å². The molecule has 0 spiro atoms. The molecule has 0 radical (unpaired) electrons. The third-order valence-corrected chi connectivity index (χ3v) is 2.77. The van der Waals surface area contributed by atoms with Gasteiger partial charge in [0.15, 0.2) is 11.5 Å². The molecule has 2 heteroatoms. The lowest BCUT2D eigenvalue weighted by atomic mass is 9.95. The van der Waals surface area contributed by atoms with E-state index in [1.807, 2.05) is 18.2 Å². The highest BCUT2D eigenvalue weighted by Gasteiger charge is 2.18. The van der Waals surface area contributed by atoms with Gasteiger partial charge in [-0.25, -0.2) is 0 Å². The van der Waals surface area contributed by atoms with Crippen LogP contribution in [-0.2, 0) is 9.47 Å². The molecule has 0 atom stereocenters. The van der Waals surface area contributed by atoms with Crippen LogP contribution in [0.3, 0.4) is 0 Å². The summed E-state index contributed by atoms with van der Waals surface area (Å²) >= 11 is 0. The Morgan fingerprint density at radius 1 is 1.00 bits per heavy atom. The van der Waals surface area contributed by atoms with Crippen molar-refractivity contribution in [1.82, 2.24) is 0 Å². The number of hydrogen-bond acceptors (Lipinski definition) is 2. The van der Waals surface area contributed by atoms with Gasteiger partial charge < -0.3 is 9.47 Å². The molecule has 0 saturated heterocycles. The highest BCUT2D eigenvalue weighted by Crippen LogP contribution is 2.32. The highest BCUT2D eigenvalue weighted by atomic mass is 16.5. The Balaban J connectivity index is 2.45. The van der Waals surface area contributed by atoms with Gasteiger partial charge in [-0.3, -0.25) is 0 Å². The Morgan fingerprint density at radius 3 is 2.38 bits per heavy atom. The lowest BCUT2D eigenvalue weighted by Crippen LogP contribution is -2.04. The average Bonchev–Trinajstić information content (AvgIpc) is 2.38. The van der Waals surface area contributed by atoms with Gasteiger partial charge in [0.25, 0.3) is 0 Å². The Kier molecular flexibility index (Phi) is 3.30. The van der Waals surface area contributed by atoms with Crippen molar-refractivity contribution in [3.05, 3.63) is 53.5 Å². The van der Waals surface area contributed by atoms with E-state index in [2.05, 4.69) is 18.2 Å². The maximum atomic E-state index is 5.45. The van der Waals surface area contributed by atoms with Crippen LogP contribution in [0, 0.1) is 0 Å². The lowest BCUT2D eigenvalue weighted by Gasteiger charge is -2.20. The number of hydrogen-bond donors (Lipinski definition) is 0. The second kappa shape index (κ2) is 4.88. The van der Waals surface area contributed by atoms with Crippen LogP contribution in [0.2, 0.25) is 0 Å².